The van der Waals surface area contributed by atoms with Gasteiger partial charge in [-0.1, -0.05) is 19.1 Å². The van der Waals surface area contributed by atoms with E-state index < -0.39 is 42.6 Å². The van der Waals surface area contributed by atoms with Gasteiger partial charge in [0.2, 0.25) is 5.91 Å². The van der Waals surface area contributed by atoms with E-state index in [4.69, 9.17) is 5.73 Å². The number of amides is 1. The van der Waals surface area contributed by atoms with Gasteiger partial charge in [-0.15, -0.1) is 0 Å². The summed E-state index contributed by atoms with van der Waals surface area (Å²) in [6, 6.07) is 4.39. The third-order valence-corrected chi connectivity index (χ3v) is 3.14. The highest BCUT2D eigenvalue weighted by atomic mass is 19.4. The molecule has 3 N–H and O–H groups in total. The molecule has 0 aliphatic carbocycles. The summed E-state index contributed by atoms with van der Waals surface area (Å²) in [5, 5.41) is 2.06. The van der Waals surface area contributed by atoms with E-state index in [1.807, 2.05) is 0 Å². The normalized spacial score (nSPS) is 13.8. The number of alkyl halides is 5. The molecule has 0 bridgehead atoms. The molecule has 8 heteroatoms. The van der Waals surface area contributed by atoms with Gasteiger partial charge in [0.05, 0.1) is 18.7 Å². The van der Waals surface area contributed by atoms with Crippen LogP contribution >= 0.6 is 0 Å². The molecule has 124 valence electrons. The molecule has 0 fully saturated rings. The summed E-state index contributed by atoms with van der Waals surface area (Å²) in [6.07, 6.45) is -4.53. The Bertz CT molecular complexity index is 499. The molecule has 3 nitrogen and oxygen atoms in total. The smallest absolute Gasteiger partial charge is 0.350 e. The highest BCUT2D eigenvalue weighted by molar-refractivity contribution is 5.76. The molecule has 1 aromatic carbocycles. The number of carbonyl (C=O) groups excluding carboxylic acids is 1. The molecular weight excluding hydrogens is 307 g/mol. The highest BCUT2D eigenvalue weighted by Crippen LogP contribution is 2.30. The van der Waals surface area contributed by atoms with Crippen molar-refractivity contribution in [1.82, 2.24) is 5.32 Å². The Balaban J connectivity index is 2.58. The van der Waals surface area contributed by atoms with Crippen LogP contribution in [0.5, 0.6) is 0 Å². The van der Waals surface area contributed by atoms with Gasteiger partial charge in [0.1, 0.15) is 0 Å². The number of hydrogen-bond acceptors (Lipinski definition) is 2. The standard InChI is InChI=1S/C14H17F5N2O/c1-9(6-12(22)21-8-13(15,16)7-20)10-2-4-11(5-3-10)14(17,18)19/h2-5,9H,6-8,20H2,1H3,(H,21,22). The third kappa shape index (κ3) is 5.59. The number of hydrogen-bond donors (Lipinski definition) is 2. The first-order valence-electron chi connectivity index (χ1n) is 6.57. The largest absolute Gasteiger partial charge is 0.416 e. The molecule has 1 amide bonds. The molecule has 22 heavy (non-hydrogen) atoms. The molecule has 0 spiro atoms. The Kier molecular flexibility index (Phi) is 5.87. The van der Waals surface area contributed by atoms with Crippen molar-refractivity contribution in [2.45, 2.75) is 31.4 Å². The van der Waals surface area contributed by atoms with E-state index in [1.165, 1.54) is 12.1 Å². The van der Waals surface area contributed by atoms with Crippen LogP contribution in [-0.4, -0.2) is 24.9 Å². The molecule has 1 aromatic rings. The molecule has 0 aliphatic rings. The van der Waals surface area contributed by atoms with Gasteiger partial charge in [0.25, 0.3) is 5.92 Å². The maximum atomic E-state index is 12.9. The van der Waals surface area contributed by atoms with Crippen molar-refractivity contribution in [2.24, 2.45) is 5.73 Å². The monoisotopic (exact) mass is 324 g/mol. The molecule has 0 aromatic heterocycles. The van der Waals surface area contributed by atoms with Gasteiger partial charge in [0, 0.05) is 6.42 Å². The van der Waals surface area contributed by atoms with Crippen LogP contribution in [0.4, 0.5) is 22.0 Å². The van der Waals surface area contributed by atoms with E-state index in [0.717, 1.165) is 12.1 Å². The molecule has 0 heterocycles. The highest BCUT2D eigenvalue weighted by Gasteiger charge is 2.30. The van der Waals surface area contributed by atoms with Crippen LogP contribution in [0.1, 0.15) is 30.4 Å². The van der Waals surface area contributed by atoms with E-state index in [0.29, 0.717) is 5.56 Å². The lowest BCUT2D eigenvalue weighted by Gasteiger charge is -2.16. The molecule has 0 saturated carbocycles. The Morgan fingerprint density at radius 1 is 1.18 bits per heavy atom. The summed E-state index contributed by atoms with van der Waals surface area (Å²) in [5.74, 6) is -4.18. The minimum atomic E-state index is -4.42. The zero-order valence-corrected chi connectivity index (χ0v) is 11.9. The number of carbonyl (C=O) groups is 1. The van der Waals surface area contributed by atoms with Crippen molar-refractivity contribution in [3.8, 4) is 0 Å². The minimum Gasteiger partial charge on any atom is -0.350 e. The Labute approximate surface area is 124 Å². The van der Waals surface area contributed by atoms with Crippen LogP contribution in [0, 0.1) is 0 Å². The minimum absolute atomic E-state index is 0.105. The van der Waals surface area contributed by atoms with Crippen LogP contribution in [0.15, 0.2) is 24.3 Å². The number of rotatable bonds is 6. The Hall–Kier alpha value is -1.70. The summed E-state index contributed by atoms with van der Waals surface area (Å²) < 4.78 is 63.1. The van der Waals surface area contributed by atoms with Gasteiger partial charge in [-0.05, 0) is 23.6 Å². The number of benzene rings is 1. The van der Waals surface area contributed by atoms with E-state index in [2.05, 4.69) is 5.32 Å². The molecular formula is C14H17F5N2O. The topological polar surface area (TPSA) is 55.1 Å². The van der Waals surface area contributed by atoms with Crippen molar-refractivity contribution in [2.75, 3.05) is 13.1 Å². The first-order chi connectivity index (χ1) is 10.0. The van der Waals surface area contributed by atoms with E-state index in [1.54, 1.807) is 6.92 Å². The molecule has 0 saturated heterocycles. The van der Waals surface area contributed by atoms with Gasteiger partial charge in [0.15, 0.2) is 0 Å². The summed E-state index contributed by atoms with van der Waals surface area (Å²) in [5.41, 5.74) is 4.58. The maximum Gasteiger partial charge on any atom is 0.416 e. The van der Waals surface area contributed by atoms with Crippen molar-refractivity contribution >= 4 is 5.91 Å². The molecule has 0 aliphatic heterocycles. The summed E-state index contributed by atoms with van der Waals surface area (Å²) >= 11 is 0. The first kappa shape index (κ1) is 18.3. The van der Waals surface area contributed by atoms with Crippen molar-refractivity contribution in [3.05, 3.63) is 35.4 Å². The predicted molar refractivity (Wildman–Crippen MR) is 71.5 cm³/mol. The first-order valence-corrected chi connectivity index (χ1v) is 6.57. The van der Waals surface area contributed by atoms with Crippen LogP contribution in [0.25, 0.3) is 0 Å². The second-order valence-electron chi connectivity index (χ2n) is 5.06. The predicted octanol–water partition coefficient (Wildman–Crippen LogP) is 2.91. The summed E-state index contributed by atoms with van der Waals surface area (Å²) in [6.45, 7) is -0.104. The lowest BCUT2D eigenvalue weighted by Crippen LogP contribution is -2.41. The fraction of sp³-hybridized carbons (Fsp3) is 0.500. The zero-order valence-electron chi connectivity index (χ0n) is 11.9. The molecule has 0 radical (unpaired) electrons. The number of nitrogens with one attached hydrogen (secondary N) is 1. The third-order valence-electron chi connectivity index (χ3n) is 3.14. The van der Waals surface area contributed by atoms with Crippen molar-refractivity contribution in [1.29, 1.82) is 0 Å². The van der Waals surface area contributed by atoms with E-state index in [-0.39, 0.29) is 6.42 Å². The fourth-order valence-electron chi connectivity index (χ4n) is 1.77. The average molecular weight is 324 g/mol. The lowest BCUT2D eigenvalue weighted by atomic mass is 9.96. The summed E-state index contributed by atoms with van der Waals surface area (Å²) in [7, 11) is 0. The lowest BCUT2D eigenvalue weighted by molar-refractivity contribution is -0.137. The van der Waals surface area contributed by atoms with Crippen molar-refractivity contribution in [3.63, 3.8) is 0 Å². The van der Waals surface area contributed by atoms with Gasteiger partial charge in [-0.2, -0.15) is 13.2 Å². The van der Waals surface area contributed by atoms with Gasteiger partial charge in [-0.25, -0.2) is 8.78 Å². The van der Waals surface area contributed by atoms with Crippen LogP contribution in [-0.2, 0) is 11.0 Å². The van der Waals surface area contributed by atoms with Gasteiger partial charge >= 0.3 is 6.18 Å². The Morgan fingerprint density at radius 3 is 2.18 bits per heavy atom. The molecule has 1 rings (SSSR count). The Morgan fingerprint density at radius 2 is 1.73 bits per heavy atom. The average Bonchev–Trinajstić information content (AvgIpc) is 2.44. The second-order valence-corrected chi connectivity index (χ2v) is 5.06. The number of nitrogens with two attached hydrogens (primary N) is 1. The fourth-order valence-corrected chi connectivity index (χ4v) is 1.77. The SMILES string of the molecule is CC(CC(=O)NCC(F)(F)CN)c1ccc(C(F)(F)F)cc1. The second kappa shape index (κ2) is 7.04. The summed E-state index contributed by atoms with van der Waals surface area (Å²) in [4.78, 5) is 11.6. The van der Waals surface area contributed by atoms with Crippen LogP contribution in [0.3, 0.4) is 0 Å². The molecule has 1 atom stereocenters. The maximum absolute atomic E-state index is 12.9. The van der Waals surface area contributed by atoms with Crippen molar-refractivity contribution < 1.29 is 26.7 Å². The zero-order chi connectivity index (χ0) is 17.0. The van der Waals surface area contributed by atoms with Crippen LogP contribution in [0.2, 0.25) is 0 Å². The van der Waals surface area contributed by atoms with E-state index >= 15 is 0 Å². The van der Waals surface area contributed by atoms with E-state index in [9.17, 15) is 26.7 Å². The van der Waals surface area contributed by atoms with Gasteiger partial charge < -0.3 is 11.1 Å². The quantitative estimate of drug-likeness (QED) is 0.791. The number of halogens is 5. The van der Waals surface area contributed by atoms with Gasteiger partial charge in [-0.3, -0.25) is 4.79 Å². The van der Waals surface area contributed by atoms with Crippen LogP contribution < -0.4 is 11.1 Å². The molecule has 1 unspecified atom stereocenters.